The van der Waals surface area contributed by atoms with Gasteiger partial charge in [-0.25, -0.2) is 4.79 Å². The zero-order valence-corrected chi connectivity index (χ0v) is 18.2. The van der Waals surface area contributed by atoms with E-state index in [-0.39, 0.29) is 11.2 Å². The highest BCUT2D eigenvalue weighted by Crippen LogP contribution is 2.44. The summed E-state index contributed by atoms with van der Waals surface area (Å²) >= 11 is 0. The predicted molar refractivity (Wildman–Crippen MR) is 121 cm³/mol. The number of hydrogen-bond acceptors (Lipinski definition) is 3. The highest BCUT2D eigenvalue weighted by Gasteiger charge is 2.39. The third-order valence-corrected chi connectivity index (χ3v) is 7.19. The van der Waals surface area contributed by atoms with Crippen molar-refractivity contribution in [1.82, 2.24) is 9.88 Å². The van der Waals surface area contributed by atoms with Crippen molar-refractivity contribution in [2.75, 3.05) is 13.1 Å². The number of likely N-dealkylation sites (tertiary alicyclic amines) is 1. The normalized spacial score (nSPS) is 17.7. The van der Waals surface area contributed by atoms with Gasteiger partial charge in [0.1, 0.15) is 0 Å². The van der Waals surface area contributed by atoms with Gasteiger partial charge in [-0.05, 0) is 48.4 Å². The van der Waals surface area contributed by atoms with E-state index in [9.17, 15) is 14.9 Å². The van der Waals surface area contributed by atoms with E-state index in [2.05, 4.69) is 31.0 Å². The molecule has 0 spiro atoms. The molecule has 0 bridgehead atoms. The molecule has 1 fully saturated rings. The van der Waals surface area contributed by atoms with Gasteiger partial charge in [0.05, 0.1) is 17.2 Å². The highest BCUT2D eigenvalue weighted by atomic mass is 16.4. The Morgan fingerprint density at radius 1 is 1.22 bits per heavy atom. The molecule has 32 heavy (non-hydrogen) atoms. The Hall–Kier alpha value is -3.59. The minimum atomic E-state index is -0.839. The van der Waals surface area contributed by atoms with E-state index in [0.717, 1.165) is 47.0 Å². The molecule has 1 aliphatic carbocycles. The number of hydrogen-bond donors (Lipinski definition) is 2. The first-order chi connectivity index (χ1) is 15.3. The lowest BCUT2D eigenvalue weighted by molar-refractivity contribution is 0.103. The molecule has 1 aromatic heterocycles. The fourth-order valence-electron chi connectivity index (χ4n) is 5.34. The Morgan fingerprint density at radius 3 is 2.66 bits per heavy atom. The molecule has 6 heteroatoms. The van der Waals surface area contributed by atoms with Crippen molar-refractivity contribution in [3.63, 3.8) is 0 Å². The van der Waals surface area contributed by atoms with E-state index in [0.29, 0.717) is 30.1 Å². The second kappa shape index (κ2) is 7.23. The molecule has 6 nitrogen and oxygen atoms in total. The number of ketones is 1. The summed E-state index contributed by atoms with van der Waals surface area (Å²) < 4.78 is 0. The van der Waals surface area contributed by atoms with Crippen LogP contribution in [0.25, 0.3) is 10.9 Å². The number of carbonyl (C=O) groups excluding carboxylic acids is 1. The van der Waals surface area contributed by atoms with Crippen LogP contribution in [0, 0.1) is 17.2 Å². The number of aromatic nitrogens is 1. The maximum absolute atomic E-state index is 13.5. The van der Waals surface area contributed by atoms with Crippen molar-refractivity contribution in [3.8, 4) is 6.07 Å². The maximum atomic E-state index is 13.5. The molecule has 2 N–H and O–H groups in total. The first-order valence-corrected chi connectivity index (χ1v) is 11.0. The van der Waals surface area contributed by atoms with Gasteiger partial charge < -0.3 is 15.0 Å². The van der Waals surface area contributed by atoms with Crippen LogP contribution in [-0.4, -0.2) is 40.0 Å². The van der Waals surface area contributed by atoms with E-state index in [1.165, 1.54) is 10.5 Å². The van der Waals surface area contributed by atoms with Gasteiger partial charge in [-0.3, -0.25) is 4.79 Å². The number of nitrogens with zero attached hydrogens (tertiary/aromatic N) is 2. The largest absolute Gasteiger partial charge is 0.465 e. The Kier molecular flexibility index (Phi) is 4.59. The predicted octanol–water partition coefficient (Wildman–Crippen LogP) is 4.84. The van der Waals surface area contributed by atoms with Gasteiger partial charge in [0.2, 0.25) is 0 Å². The molecule has 5 rings (SSSR count). The second-order valence-corrected chi connectivity index (χ2v) is 9.50. The zero-order chi connectivity index (χ0) is 22.6. The molecule has 162 valence electrons. The number of carboxylic acid groups (broad SMARTS) is 1. The van der Waals surface area contributed by atoms with Crippen LogP contribution in [0.3, 0.4) is 0 Å². The summed E-state index contributed by atoms with van der Waals surface area (Å²) in [6, 6.07) is 13.7. The molecule has 2 aromatic carbocycles. The van der Waals surface area contributed by atoms with Crippen LogP contribution in [0.2, 0.25) is 0 Å². The molecule has 0 unspecified atom stereocenters. The van der Waals surface area contributed by atoms with E-state index in [1.54, 1.807) is 12.1 Å². The second-order valence-electron chi connectivity index (χ2n) is 9.50. The summed E-state index contributed by atoms with van der Waals surface area (Å²) in [7, 11) is 0. The van der Waals surface area contributed by atoms with Crippen LogP contribution in [-0.2, 0) is 11.8 Å². The van der Waals surface area contributed by atoms with Gasteiger partial charge in [-0.15, -0.1) is 0 Å². The minimum Gasteiger partial charge on any atom is -0.465 e. The summed E-state index contributed by atoms with van der Waals surface area (Å²) in [6.45, 7) is 5.43. The number of amides is 1. The van der Waals surface area contributed by atoms with Crippen LogP contribution in [0.4, 0.5) is 4.79 Å². The third-order valence-electron chi connectivity index (χ3n) is 7.19. The van der Waals surface area contributed by atoms with E-state index in [1.807, 2.05) is 18.2 Å². The molecule has 1 aliphatic heterocycles. The fourth-order valence-corrected chi connectivity index (χ4v) is 5.34. The van der Waals surface area contributed by atoms with Gasteiger partial charge in [-0.2, -0.15) is 5.26 Å². The van der Waals surface area contributed by atoms with Crippen molar-refractivity contribution in [3.05, 3.63) is 69.9 Å². The maximum Gasteiger partial charge on any atom is 0.407 e. The minimum absolute atomic E-state index is 0.0200. The van der Waals surface area contributed by atoms with Crippen molar-refractivity contribution in [1.29, 1.82) is 5.26 Å². The monoisotopic (exact) mass is 427 g/mol. The molecule has 2 heterocycles. The molecule has 0 radical (unpaired) electrons. The Morgan fingerprint density at radius 2 is 1.97 bits per heavy atom. The van der Waals surface area contributed by atoms with Gasteiger partial charge in [0, 0.05) is 40.7 Å². The number of fused-ring (bicyclic) bond motifs is 4. The summed E-state index contributed by atoms with van der Waals surface area (Å²) in [5.41, 5.74) is 5.53. The number of H-pyrrole nitrogens is 1. The number of aromatic amines is 1. The third kappa shape index (κ3) is 3.08. The fraction of sp³-hybridized carbons (Fsp3) is 0.346. The number of piperidine rings is 1. The van der Waals surface area contributed by atoms with Gasteiger partial charge in [0.25, 0.3) is 0 Å². The topological polar surface area (TPSA) is 97.2 Å². The van der Waals surface area contributed by atoms with Crippen LogP contribution in [0.5, 0.6) is 0 Å². The average Bonchev–Trinajstić information content (AvgIpc) is 3.18. The lowest BCUT2D eigenvalue weighted by atomic mass is 9.70. The lowest BCUT2D eigenvalue weighted by Gasteiger charge is -2.33. The standard InChI is InChI=1S/C26H25N3O3/c1-26(2)20-12-16(11-15-7-9-29(10-8-15)25(31)32)3-5-18(20)23(30)22-19-6-4-17(14-27)13-21(19)28-24(22)26/h3-6,12-13,15,28H,7-11H2,1-2H3,(H,31,32). The van der Waals surface area contributed by atoms with E-state index in [4.69, 9.17) is 5.11 Å². The molecule has 3 aromatic rings. The lowest BCUT2D eigenvalue weighted by Crippen LogP contribution is -2.38. The summed E-state index contributed by atoms with van der Waals surface area (Å²) in [5, 5.41) is 19.3. The van der Waals surface area contributed by atoms with E-state index >= 15 is 0 Å². The molecule has 0 saturated carbocycles. The average molecular weight is 428 g/mol. The Labute approximate surface area is 186 Å². The van der Waals surface area contributed by atoms with Gasteiger partial charge >= 0.3 is 6.09 Å². The van der Waals surface area contributed by atoms with Crippen LogP contribution in [0.15, 0.2) is 36.4 Å². The number of benzene rings is 2. The Bertz CT molecular complexity index is 1300. The van der Waals surface area contributed by atoms with E-state index < -0.39 is 6.09 Å². The quantitative estimate of drug-likeness (QED) is 0.611. The Balaban J connectivity index is 1.49. The van der Waals surface area contributed by atoms with Crippen LogP contribution in [0.1, 0.15) is 65.0 Å². The van der Waals surface area contributed by atoms with Gasteiger partial charge in [0.15, 0.2) is 5.78 Å². The number of carbonyl (C=O) groups is 2. The molecule has 2 aliphatic rings. The molecular weight excluding hydrogens is 402 g/mol. The van der Waals surface area contributed by atoms with Crippen LogP contribution >= 0.6 is 0 Å². The van der Waals surface area contributed by atoms with Crippen molar-refractivity contribution < 1.29 is 14.7 Å². The first kappa shape index (κ1) is 20.3. The number of rotatable bonds is 2. The van der Waals surface area contributed by atoms with Gasteiger partial charge in [-0.1, -0.05) is 38.1 Å². The smallest absolute Gasteiger partial charge is 0.407 e. The van der Waals surface area contributed by atoms with Crippen LogP contribution < -0.4 is 0 Å². The highest BCUT2D eigenvalue weighted by molar-refractivity contribution is 6.20. The first-order valence-electron chi connectivity index (χ1n) is 11.0. The molecular formula is C26H25N3O3. The molecule has 1 saturated heterocycles. The number of nitrogens with one attached hydrogen (secondary N) is 1. The molecule has 1 amide bonds. The van der Waals surface area contributed by atoms with Crippen molar-refractivity contribution in [2.45, 2.75) is 38.5 Å². The van der Waals surface area contributed by atoms with Crippen molar-refractivity contribution in [2.24, 2.45) is 5.92 Å². The zero-order valence-electron chi connectivity index (χ0n) is 18.2. The number of nitriles is 1. The summed E-state index contributed by atoms with van der Waals surface area (Å²) in [5.74, 6) is 0.464. The SMILES string of the molecule is CC1(C)c2cc(CC3CCN(C(=O)O)CC3)ccc2C(=O)c2c1[nH]c1cc(C#N)ccc21. The van der Waals surface area contributed by atoms with Crippen molar-refractivity contribution >= 4 is 22.8 Å². The summed E-state index contributed by atoms with van der Waals surface area (Å²) in [4.78, 5) is 29.6. The molecule has 0 atom stereocenters. The summed E-state index contributed by atoms with van der Waals surface area (Å²) in [6.07, 6.45) is 1.77.